The van der Waals surface area contributed by atoms with Crippen LogP contribution in [-0.4, -0.2) is 6.18 Å². The summed E-state index contributed by atoms with van der Waals surface area (Å²) in [5.41, 5.74) is -0.839. The zero-order valence-electron chi connectivity index (χ0n) is 22.0. The van der Waals surface area contributed by atoms with E-state index in [0.29, 0.717) is 12.1 Å². The van der Waals surface area contributed by atoms with Crippen molar-refractivity contribution in [1.82, 2.24) is 0 Å². The zero-order chi connectivity index (χ0) is 29.0. The molecule has 3 aromatic rings. The number of unbranched alkanes of at least 4 members (excludes halogenated alkanes) is 2. The van der Waals surface area contributed by atoms with Gasteiger partial charge >= 0.3 is 6.18 Å². The van der Waals surface area contributed by atoms with E-state index < -0.39 is 46.9 Å². The second-order valence-corrected chi connectivity index (χ2v) is 10.5. The van der Waals surface area contributed by atoms with E-state index in [9.17, 15) is 26.3 Å². The molecule has 0 nitrogen and oxygen atoms in total. The molecular weight excluding hydrogens is 536 g/mol. The third kappa shape index (κ3) is 7.12. The van der Waals surface area contributed by atoms with Crippen LogP contribution >= 0.6 is 0 Å². The molecule has 0 heterocycles. The number of hydrogen-bond donors (Lipinski definition) is 0. The van der Waals surface area contributed by atoms with E-state index in [4.69, 9.17) is 0 Å². The van der Waals surface area contributed by atoms with Gasteiger partial charge in [-0.3, -0.25) is 0 Å². The summed E-state index contributed by atoms with van der Waals surface area (Å²) in [5, 5.41) is 0. The number of benzene rings is 3. The Morgan fingerprint density at radius 3 is 1.90 bits per heavy atom. The van der Waals surface area contributed by atoms with Crippen LogP contribution in [0.25, 0.3) is 28.1 Å². The van der Waals surface area contributed by atoms with E-state index >= 15 is 8.78 Å². The zero-order valence-corrected chi connectivity index (χ0v) is 22.0. The first-order valence-electron chi connectivity index (χ1n) is 13.5. The quantitative estimate of drug-likeness (QED) is 0.188. The highest BCUT2D eigenvalue weighted by atomic mass is 19.4. The van der Waals surface area contributed by atoms with E-state index in [-0.39, 0.29) is 28.2 Å². The second kappa shape index (κ2) is 12.6. The van der Waals surface area contributed by atoms with Crippen molar-refractivity contribution in [3.8, 4) is 22.3 Å². The van der Waals surface area contributed by atoms with Crippen molar-refractivity contribution in [3.05, 3.63) is 89.0 Å². The van der Waals surface area contributed by atoms with E-state index in [0.717, 1.165) is 43.2 Å². The Hall–Kier alpha value is -3.16. The molecule has 0 bridgehead atoms. The Morgan fingerprint density at radius 1 is 0.750 bits per heavy atom. The standard InChI is InChI=1S/C32H30F8/c1-2-3-4-5-19-6-8-20(9-7-19)21-10-12-24(26(33)14-21)22-11-13-25(27(34)15-22)23-16-28(35)31(29(36)17-23)30(37)18-32(38,39)40/h10-20H,2-9H2,1H3/b30-18-. The molecule has 214 valence electrons. The summed E-state index contributed by atoms with van der Waals surface area (Å²) in [7, 11) is 0. The van der Waals surface area contributed by atoms with Crippen molar-refractivity contribution in [1.29, 1.82) is 0 Å². The molecule has 0 spiro atoms. The van der Waals surface area contributed by atoms with Crippen LogP contribution in [0.5, 0.6) is 0 Å². The predicted octanol–water partition coefficient (Wildman–Crippen LogP) is 11.3. The summed E-state index contributed by atoms with van der Waals surface area (Å²) in [4.78, 5) is 0. The maximum absolute atomic E-state index is 15.1. The van der Waals surface area contributed by atoms with Crippen molar-refractivity contribution in [3.63, 3.8) is 0 Å². The third-order valence-corrected chi connectivity index (χ3v) is 7.69. The van der Waals surface area contributed by atoms with Crippen molar-refractivity contribution in [2.24, 2.45) is 5.92 Å². The summed E-state index contributed by atoms with van der Waals surface area (Å²) >= 11 is 0. The molecule has 4 rings (SSSR count). The smallest absolute Gasteiger partial charge is 0.206 e. The van der Waals surface area contributed by atoms with Crippen LogP contribution in [0.2, 0.25) is 0 Å². The average Bonchev–Trinajstić information content (AvgIpc) is 2.87. The molecule has 1 aliphatic carbocycles. The SMILES string of the molecule is CCCCCC1CCC(c2ccc(-c3ccc(-c4cc(F)c(/C(F)=C/C(F)(F)F)c(F)c4)c(F)c3)c(F)c2)CC1. The molecule has 0 unspecified atom stereocenters. The van der Waals surface area contributed by atoms with Gasteiger partial charge in [0.1, 0.15) is 29.1 Å². The van der Waals surface area contributed by atoms with Crippen molar-refractivity contribution < 1.29 is 35.1 Å². The average molecular weight is 567 g/mol. The van der Waals surface area contributed by atoms with Gasteiger partial charge in [0.2, 0.25) is 0 Å². The third-order valence-electron chi connectivity index (χ3n) is 7.69. The second-order valence-electron chi connectivity index (χ2n) is 10.5. The molecule has 0 atom stereocenters. The molecule has 0 aliphatic heterocycles. The van der Waals surface area contributed by atoms with Crippen LogP contribution in [0, 0.1) is 29.2 Å². The van der Waals surface area contributed by atoms with Crippen molar-refractivity contribution in [2.75, 3.05) is 0 Å². The van der Waals surface area contributed by atoms with E-state index in [2.05, 4.69) is 6.92 Å². The van der Waals surface area contributed by atoms with E-state index in [1.165, 1.54) is 43.9 Å². The van der Waals surface area contributed by atoms with Gasteiger partial charge in [0.15, 0.2) is 0 Å². The van der Waals surface area contributed by atoms with Gasteiger partial charge in [-0.15, -0.1) is 0 Å². The molecular formula is C32H30F8. The Balaban J connectivity index is 1.51. The minimum Gasteiger partial charge on any atom is -0.206 e. The molecule has 3 aromatic carbocycles. The first-order valence-corrected chi connectivity index (χ1v) is 13.5. The molecule has 0 amide bonds. The van der Waals surface area contributed by atoms with Crippen LogP contribution in [0.1, 0.15) is 75.3 Å². The molecule has 1 fully saturated rings. The predicted molar refractivity (Wildman–Crippen MR) is 141 cm³/mol. The molecule has 0 saturated heterocycles. The number of allylic oxidation sites excluding steroid dienone is 1. The fourth-order valence-corrected chi connectivity index (χ4v) is 5.58. The van der Waals surface area contributed by atoms with Crippen LogP contribution < -0.4 is 0 Å². The van der Waals surface area contributed by atoms with Gasteiger partial charge in [-0.25, -0.2) is 22.0 Å². The van der Waals surface area contributed by atoms with Crippen LogP contribution in [0.3, 0.4) is 0 Å². The molecule has 40 heavy (non-hydrogen) atoms. The Labute approximate surface area is 228 Å². The number of alkyl halides is 3. The summed E-state index contributed by atoms with van der Waals surface area (Å²) in [5.74, 6) is -5.82. The fourth-order valence-electron chi connectivity index (χ4n) is 5.58. The van der Waals surface area contributed by atoms with Crippen molar-refractivity contribution in [2.45, 2.75) is 70.4 Å². The Kier molecular flexibility index (Phi) is 9.37. The number of halogens is 8. The van der Waals surface area contributed by atoms with Gasteiger partial charge in [0, 0.05) is 11.1 Å². The molecule has 1 aliphatic rings. The highest BCUT2D eigenvalue weighted by molar-refractivity contribution is 5.73. The summed E-state index contributed by atoms with van der Waals surface area (Å²) in [6.45, 7) is 2.19. The number of rotatable bonds is 8. The van der Waals surface area contributed by atoms with Crippen LogP contribution in [0.15, 0.2) is 54.6 Å². The molecule has 1 saturated carbocycles. The first kappa shape index (κ1) is 29.8. The molecule has 0 N–H and O–H groups in total. The first-order chi connectivity index (χ1) is 19.0. The van der Waals surface area contributed by atoms with Crippen LogP contribution in [-0.2, 0) is 0 Å². The Bertz CT molecular complexity index is 1340. The van der Waals surface area contributed by atoms with E-state index in [1.54, 1.807) is 6.07 Å². The van der Waals surface area contributed by atoms with Crippen LogP contribution in [0.4, 0.5) is 35.1 Å². The van der Waals surface area contributed by atoms with Gasteiger partial charge < -0.3 is 0 Å². The maximum Gasteiger partial charge on any atom is 0.412 e. The topological polar surface area (TPSA) is 0 Å². The van der Waals surface area contributed by atoms with E-state index in [1.807, 2.05) is 6.07 Å². The van der Waals surface area contributed by atoms with Gasteiger partial charge in [-0.05, 0) is 78.5 Å². The minimum atomic E-state index is -5.12. The van der Waals surface area contributed by atoms with Gasteiger partial charge in [0.25, 0.3) is 0 Å². The minimum absolute atomic E-state index is 0.162. The summed E-state index contributed by atoms with van der Waals surface area (Å²) < 4.78 is 110. The highest BCUT2D eigenvalue weighted by Gasteiger charge is 2.28. The monoisotopic (exact) mass is 566 g/mol. The molecule has 0 radical (unpaired) electrons. The van der Waals surface area contributed by atoms with Gasteiger partial charge in [0.05, 0.1) is 11.6 Å². The molecule has 8 heteroatoms. The molecule has 0 aromatic heterocycles. The normalized spacial score (nSPS) is 18.3. The lowest BCUT2D eigenvalue weighted by Crippen LogP contribution is -2.13. The Morgan fingerprint density at radius 2 is 1.32 bits per heavy atom. The number of hydrogen-bond acceptors (Lipinski definition) is 0. The fraction of sp³-hybridized carbons (Fsp3) is 0.375. The summed E-state index contributed by atoms with van der Waals surface area (Å²) in [6, 6.07) is 9.61. The van der Waals surface area contributed by atoms with Crippen molar-refractivity contribution >= 4 is 5.83 Å². The highest BCUT2D eigenvalue weighted by Crippen LogP contribution is 2.39. The van der Waals surface area contributed by atoms with Gasteiger partial charge in [-0.2, -0.15) is 13.2 Å². The van der Waals surface area contributed by atoms with Gasteiger partial charge in [-0.1, -0.05) is 56.9 Å². The lowest BCUT2D eigenvalue weighted by molar-refractivity contribution is -0.0798. The summed E-state index contributed by atoms with van der Waals surface area (Å²) in [6.07, 6.45) is 3.20. The lowest BCUT2D eigenvalue weighted by Gasteiger charge is -2.29. The maximum atomic E-state index is 15.1. The largest absolute Gasteiger partial charge is 0.412 e. The lowest BCUT2D eigenvalue weighted by atomic mass is 9.77.